The summed E-state index contributed by atoms with van der Waals surface area (Å²) in [6.07, 6.45) is 2.04. The number of unbranched alkanes of at least 4 members (excludes halogenated alkanes) is 3. The van der Waals surface area contributed by atoms with Crippen molar-refractivity contribution in [3.63, 3.8) is 0 Å². The lowest BCUT2D eigenvalue weighted by atomic mass is 9.90. The van der Waals surface area contributed by atoms with Crippen LogP contribution in [0.2, 0.25) is 0 Å². The Labute approximate surface area is 532 Å². The molecule has 0 saturated carbocycles. The Morgan fingerprint density at radius 3 is 1.31 bits per heavy atom. The number of hydrogen-bond acceptors (Lipinski definition) is 13. The number of aliphatic hydroxyl groups is 2. The first kappa shape index (κ1) is 80.8. The van der Waals surface area contributed by atoms with Gasteiger partial charge in [-0.1, -0.05) is 123 Å². The third kappa shape index (κ3) is 22.9. The van der Waals surface area contributed by atoms with Crippen LogP contribution in [0.3, 0.4) is 0 Å². The minimum Gasteiger partial charge on any atom is -0.396 e. The number of carbonyl (C=O) groups excluding carboxylic acids is 11. The largest absolute Gasteiger partial charge is 0.396 e. The van der Waals surface area contributed by atoms with Crippen LogP contribution in [-0.2, 0) is 52.7 Å². The van der Waals surface area contributed by atoms with Crippen molar-refractivity contribution in [2.75, 3.05) is 55.9 Å². The van der Waals surface area contributed by atoms with Gasteiger partial charge >= 0.3 is 0 Å². The smallest absolute Gasteiger partial charge is 0.270 e. The molecule has 12 atom stereocenters. The summed E-state index contributed by atoms with van der Waals surface area (Å²) >= 11 is 0. The van der Waals surface area contributed by atoms with Crippen LogP contribution in [0.15, 0.2) is 12.3 Å². The van der Waals surface area contributed by atoms with E-state index in [9.17, 15) is 48.6 Å². The number of carbonyl (C=O) groups is 11. The molecule has 510 valence electrons. The quantitative estimate of drug-likeness (QED) is 0.0795. The van der Waals surface area contributed by atoms with E-state index in [0.717, 1.165) is 27.5 Å². The third-order valence-corrected chi connectivity index (χ3v) is 17.1. The maximum atomic E-state index is 15.3. The van der Waals surface area contributed by atoms with Gasteiger partial charge in [0.2, 0.25) is 59.1 Å². The van der Waals surface area contributed by atoms with Gasteiger partial charge in [0.1, 0.15) is 66.1 Å². The van der Waals surface area contributed by atoms with E-state index < -0.39 is 149 Å². The van der Waals surface area contributed by atoms with Crippen LogP contribution in [0.4, 0.5) is 0 Å². The fraction of sp³-hybridized carbons (Fsp3) is 0.800. The van der Waals surface area contributed by atoms with Gasteiger partial charge < -0.3 is 65.8 Å². The second kappa shape index (κ2) is 37.2. The molecule has 1 heterocycles. The Morgan fingerprint density at radius 2 is 0.854 bits per heavy atom. The van der Waals surface area contributed by atoms with Crippen molar-refractivity contribution in [1.82, 2.24) is 55.6 Å². The number of nitrogens with one attached hydrogen (secondary N) is 4. The first-order chi connectivity index (χ1) is 41.1. The molecule has 0 bridgehead atoms. The molecule has 0 aromatic rings. The van der Waals surface area contributed by atoms with E-state index in [0.29, 0.717) is 19.3 Å². The Bertz CT molecular complexity index is 2420. The molecular weight excluding hydrogens is 1140 g/mol. The van der Waals surface area contributed by atoms with Crippen LogP contribution >= 0.6 is 0 Å². The van der Waals surface area contributed by atoms with Gasteiger partial charge in [0.05, 0.1) is 6.10 Å². The summed E-state index contributed by atoms with van der Waals surface area (Å²) in [6.45, 7) is 31.9. The first-order valence-corrected chi connectivity index (χ1v) is 32.2. The summed E-state index contributed by atoms with van der Waals surface area (Å²) in [7, 11) is 9.75. The van der Waals surface area contributed by atoms with Crippen molar-refractivity contribution in [2.24, 2.45) is 41.4 Å². The van der Waals surface area contributed by atoms with Crippen LogP contribution in [0.1, 0.15) is 175 Å². The summed E-state index contributed by atoms with van der Waals surface area (Å²) in [5.41, 5.74) is -0.368. The average Bonchev–Trinajstić information content (AvgIpc) is 1.83. The maximum absolute atomic E-state index is 15.3. The van der Waals surface area contributed by atoms with Crippen molar-refractivity contribution < 1.29 is 63.0 Å². The maximum Gasteiger partial charge on any atom is 0.270 e. The molecule has 11 amide bonds. The number of hydrogen-bond donors (Lipinski definition) is 6. The zero-order valence-corrected chi connectivity index (χ0v) is 58.4. The van der Waals surface area contributed by atoms with Gasteiger partial charge in [-0.15, -0.1) is 0 Å². The molecule has 89 heavy (non-hydrogen) atoms. The Balaban J connectivity index is 4.38. The fourth-order valence-corrected chi connectivity index (χ4v) is 11.3. The van der Waals surface area contributed by atoms with E-state index in [4.69, 9.17) is 0 Å². The molecule has 1 saturated heterocycles. The third-order valence-electron chi connectivity index (χ3n) is 17.1. The molecule has 0 aliphatic carbocycles. The Hall–Kier alpha value is -6.17. The van der Waals surface area contributed by atoms with Crippen LogP contribution < -0.4 is 21.3 Å². The molecule has 6 N–H and O–H groups in total. The zero-order valence-electron chi connectivity index (χ0n) is 58.4. The van der Waals surface area contributed by atoms with Crippen molar-refractivity contribution >= 4 is 65.0 Å². The highest BCUT2D eigenvalue weighted by Crippen LogP contribution is 2.27. The molecule has 0 aromatic carbocycles. The van der Waals surface area contributed by atoms with Crippen molar-refractivity contribution in [3.8, 4) is 0 Å². The van der Waals surface area contributed by atoms with Gasteiger partial charge in [0, 0.05) is 55.9 Å². The number of nitrogens with zero attached hydrogens (tertiary/aromatic N) is 7. The fourth-order valence-electron chi connectivity index (χ4n) is 11.3. The molecule has 0 aromatic heterocycles. The van der Waals surface area contributed by atoms with Gasteiger partial charge in [-0.25, -0.2) is 0 Å². The zero-order chi connectivity index (χ0) is 69.0. The number of rotatable bonds is 19. The van der Waals surface area contributed by atoms with Gasteiger partial charge in [-0.05, 0) is 100 Å². The predicted octanol–water partition coefficient (Wildman–Crippen LogP) is 3.76. The summed E-state index contributed by atoms with van der Waals surface area (Å²) in [6, 6.07) is -12.7. The van der Waals surface area contributed by atoms with E-state index in [1.807, 2.05) is 55.4 Å². The molecule has 1 fully saturated rings. The lowest BCUT2D eigenvalue weighted by Gasteiger charge is -2.41. The molecule has 0 unspecified atom stereocenters. The van der Waals surface area contributed by atoms with Gasteiger partial charge in [-0.2, -0.15) is 0 Å². The summed E-state index contributed by atoms with van der Waals surface area (Å²) < 4.78 is 0. The highest BCUT2D eigenvalue weighted by Gasteiger charge is 2.46. The van der Waals surface area contributed by atoms with E-state index in [1.165, 1.54) is 82.8 Å². The van der Waals surface area contributed by atoms with E-state index >= 15 is 14.4 Å². The Morgan fingerprint density at radius 1 is 0.438 bits per heavy atom. The van der Waals surface area contributed by atoms with Crippen LogP contribution in [0, 0.1) is 41.4 Å². The summed E-state index contributed by atoms with van der Waals surface area (Å²) in [5, 5.41) is 32.6. The van der Waals surface area contributed by atoms with Crippen molar-refractivity contribution in [1.29, 1.82) is 0 Å². The van der Waals surface area contributed by atoms with E-state index in [2.05, 4.69) is 27.8 Å². The Kier molecular flexibility index (Phi) is 33.8. The minimum atomic E-state index is -1.65. The van der Waals surface area contributed by atoms with Crippen LogP contribution in [0.5, 0.6) is 0 Å². The normalized spacial score (nSPS) is 26.2. The topological polar surface area (TPSA) is 299 Å². The van der Waals surface area contributed by atoms with Gasteiger partial charge in [0.15, 0.2) is 0 Å². The molecule has 0 radical (unpaired) electrons. The van der Waals surface area contributed by atoms with Crippen molar-refractivity contribution in [2.45, 2.75) is 242 Å². The van der Waals surface area contributed by atoms with Gasteiger partial charge in [0.25, 0.3) is 5.91 Å². The second-order valence-corrected chi connectivity index (χ2v) is 27.3. The highest BCUT2D eigenvalue weighted by atomic mass is 16.3. The summed E-state index contributed by atoms with van der Waals surface area (Å²) in [4.78, 5) is 170. The number of aliphatic hydroxyl groups excluding tert-OH is 2. The number of amides is 11. The summed E-state index contributed by atoms with van der Waals surface area (Å²) in [5.74, 6) is -10.3. The van der Waals surface area contributed by atoms with Crippen LogP contribution in [-0.4, -0.2) is 232 Å². The lowest BCUT2D eigenvalue weighted by molar-refractivity contribution is -0.157. The van der Waals surface area contributed by atoms with Gasteiger partial charge in [-0.3, -0.25) is 52.7 Å². The molecule has 1 aliphatic rings. The molecule has 0 spiro atoms. The molecule has 1 aliphatic heterocycles. The molecule has 24 heteroatoms. The highest BCUT2D eigenvalue weighted by molar-refractivity contribution is 6.02. The second-order valence-electron chi connectivity index (χ2n) is 27.3. The van der Waals surface area contributed by atoms with Crippen LogP contribution in [0.25, 0.3) is 0 Å². The number of likely N-dealkylation sites (N-methyl/N-ethyl adjacent to an activating group) is 7. The molecule has 1 rings (SSSR count). The SMILES string of the molecule is C=C1C(=O)N(C)[C@@H](CC(C)C)C(=O)N[C@@H](C(C)C)C(=O)N(C)[C@@H](CC(C)C)C(=O)N[C@@H](C)C(=O)N[C@H](C)C(=O)N(C)[C@@H](CC(C)C)C(=O)N(C)[C@@H](CC(C)C)C(=O)N(C)[C@@H](C(C)C)C(=O)N(C)[C@@H]([C@H](O)[C@H](C)CCCCCCO)C(=O)N[C@@H](CC)C(=O)N1C. The molecular formula is C65H117N11O13. The minimum absolute atomic E-state index is 0.0215. The average molecular weight is 1260 g/mol. The molecule has 24 nitrogen and oxygen atoms in total. The standard InChI is InChI=1S/C65H117N11O13/c1-25-46-61(85)70(18)45(17)60(84)71(19)48(33-37(4)5)57(81)69-51(40(10)11)64(88)72(20)47(32-36(2)3)56(80)66-43(15)55(79)67-44(16)59(83)73(21)49(34-38(6)7)62(86)74(22)50(35-39(8)9)63(87)75(23)52(41(12)13)65(89)76(24)53(58(82)68-46)54(78)42(14)30-28-26-27-29-31-77/h36-44,46-54,77-78H,17,25-35H2,1-16,18-24H3,(H,66,80)(H,67,79)(H,68,82)(H,69,81)/t42-,43+,44-,46+,47+,48+,49+,50+,51+,52+,53+,54-/m1/s1. The lowest BCUT2D eigenvalue weighted by Crippen LogP contribution is -2.63. The monoisotopic (exact) mass is 1260 g/mol. The van der Waals surface area contributed by atoms with E-state index in [-0.39, 0.29) is 68.1 Å². The van der Waals surface area contributed by atoms with E-state index in [1.54, 1.807) is 41.5 Å². The van der Waals surface area contributed by atoms with Crippen molar-refractivity contribution in [3.05, 3.63) is 12.3 Å². The first-order valence-electron chi connectivity index (χ1n) is 32.2. The predicted molar refractivity (Wildman–Crippen MR) is 343 cm³/mol.